The van der Waals surface area contributed by atoms with Gasteiger partial charge in [0.05, 0.1) is 14.2 Å². The van der Waals surface area contributed by atoms with E-state index in [-0.39, 0.29) is 0 Å². The summed E-state index contributed by atoms with van der Waals surface area (Å²) in [5.74, 6) is 1.68. The van der Waals surface area contributed by atoms with Gasteiger partial charge >= 0.3 is 0 Å². The van der Waals surface area contributed by atoms with Crippen molar-refractivity contribution in [2.24, 2.45) is 0 Å². The van der Waals surface area contributed by atoms with Gasteiger partial charge in [0, 0.05) is 12.1 Å². The van der Waals surface area contributed by atoms with E-state index < -0.39 is 0 Å². The molecule has 1 aromatic carbocycles. The normalized spacial score (nSPS) is 12.2. The van der Waals surface area contributed by atoms with Gasteiger partial charge in [-0.25, -0.2) is 0 Å². The van der Waals surface area contributed by atoms with Gasteiger partial charge in [0.2, 0.25) is 0 Å². The molecule has 1 N–H and O–H groups in total. The number of rotatable bonds is 6. The SMILES string of the molecule is CCCC(NC)c1cc(OC)cc(OC)c1. The summed E-state index contributed by atoms with van der Waals surface area (Å²) >= 11 is 0. The monoisotopic (exact) mass is 223 g/mol. The van der Waals surface area contributed by atoms with Crippen molar-refractivity contribution >= 4 is 0 Å². The van der Waals surface area contributed by atoms with Crippen molar-refractivity contribution in [3.05, 3.63) is 23.8 Å². The van der Waals surface area contributed by atoms with Crippen LogP contribution in [0.15, 0.2) is 18.2 Å². The first-order valence-corrected chi connectivity index (χ1v) is 5.65. The van der Waals surface area contributed by atoms with Crippen molar-refractivity contribution in [1.82, 2.24) is 5.32 Å². The van der Waals surface area contributed by atoms with Crippen LogP contribution < -0.4 is 14.8 Å². The molecule has 0 aliphatic rings. The fraction of sp³-hybridized carbons (Fsp3) is 0.538. The van der Waals surface area contributed by atoms with Gasteiger partial charge in [0.15, 0.2) is 0 Å². The van der Waals surface area contributed by atoms with Crippen molar-refractivity contribution in [1.29, 1.82) is 0 Å². The van der Waals surface area contributed by atoms with E-state index in [0.29, 0.717) is 6.04 Å². The summed E-state index contributed by atoms with van der Waals surface area (Å²) in [5.41, 5.74) is 1.21. The van der Waals surface area contributed by atoms with Gasteiger partial charge in [-0.15, -0.1) is 0 Å². The zero-order chi connectivity index (χ0) is 12.0. The second-order valence-electron chi connectivity index (χ2n) is 3.78. The summed E-state index contributed by atoms with van der Waals surface area (Å²) in [4.78, 5) is 0. The minimum Gasteiger partial charge on any atom is -0.497 e. The zero-order valence-corrected chi connectivity index (χ0v) is 10.5. The lowest BCUT2D eigenvalue weighted by atomic mass is 10.0. The fourth-order valence-electron chi connectivity index (χ4n) is 1.80. The molecule has 1 aromatic rings. The highest BCUT2D eigenvalue weighted by molar-refractivity contribution is 5.39. The highest BCUT2D eigenvalue weighted by Crippen LogP contribution is 2.28. The lowest BCUT2D eigenvalue weighted by Gasteiger charge is -2.17. The van der Waals surface area contributed by atoms with E-state index in [1.54, 1.807) is 14.2 Å². The lowest BCUT2D eigenvalue weighted by Crippen LogP contribution is -2.16. The largest absolute Gasteiger partial charge is 0.497 e. The number of ether oxygens (including phenoxy) is 2. The Morgan fingerprint density at radius 1 is 1.12 bits per heavy atom. The molecule has 0 radical (unpaired) electrons. The predicted molar refractivity (Wildman–Crippen MR) is 66.3 cm³/mol. The van der Waals surface area contributed by atoms with E-state index in [1.807, 2.05) is 13.1 Å². The number of nitrogens with one attached hydrogen (secondary N) is 1. The first-order valence-electron chi connectivity index (χ1n) is 5.65. The molecular formula is C13H21NO2. The van der Waals surface area contributed by atoms with E-state index in [2.05, 4.69) is 24.4 Å². The van der Waals surface area contributed by atoms with Crippen LogP contribution in [-0.4, -0.2) is 21.3 Å². The van der Waals surface area contributed by atoms with Gasteiger partial charge < -0.3 is 14.8 Å². The maximum absolute atomic E-state index is 5.26. The Kier molecular flexibility index (Phi) is 5.12. The Hall–Kier alpha value is -1.22. The fourth-order valence-corrected chi connectivity index (χ4v) is 1.80. The molecule has 1 unspecified atom stereocenters. The van der Waals surface area contributed by atoms with Gasteiger partial charge in [-0.05, 0) is 31.2 Å². The first-order chi connectivity index (χ1) is 7.74. The maximum atomic E-state index is 5.26. The van der Waals surface area contributed by atoms with Crippen LogP contribution in [0.4, 0.5) is 0 Å². The summed E-state index contributed by atoms with van der Waals surface area (Å²) < 4.78 is 10.5. The highest BCUT2D eigenvalue weighted by atomic mass is 16.5. The van der Waals surface area contributed by atoms with Crippen molar-refractivity contribution in [2.45, 2.75) is 25.8 Å². The number of methoxy groups -OCH3 is 2. The van der Waals surface area contributed by atoms with E-state index in [9.17, 15) is 0 Å². The van der Waals surface area contributed by atoms with Crippen LogP contribution in [0.5, 0.6) is 11.5 Å². The third-order valence-corrected chi connectivity index (χ3v) is 2.70. The third-order valence-electron chi connectivity index (χ3n) is 2.70. The topological polar surface area (TPSA) is 30.5 Å². The molecule has 1 atom stereocenters. The molecule has 0 bridgehead atoms. The summed E-state index contributed by atoms with van der Waals surface area (Å²) in [5, 5.41) is 3.31. The Morgan fingerprint density at radius 3 is 2.06 bits per heavy atom. The number of benzene rings is 1. The molecule has 0 aliphatic carbocycles. The van der Waals surface area contributed by atoms with Crippen LogP contribution in [0.2, 0.25) is 0 Å². The molecule has 3 heteroatoms. The molecule has 0 heterocycles. The van der Waals surface area contributed by atoms with E-state index >= 15 is 0 Å². The van der Waals surface area contributed by atoms with E-state index in [1.165, 1.54) is 5.56 Å². The Labute approximate surface area is 97.8 Å². The molecule has 16 heavy (non-hydrogen) atoms. The minimum atomic E-state index is 0.356. The standard InChI is InChI=1S/C13H21NO2/c1-5-6-13(14-2)10-7-11(15-3)9-12(8-10)16-4/h7-9,13-14H,5-6H2,1-4H3. The van der Waals surface area contributed by atoms with Crippen LogP contribution in [0.1, 0.15) is 31.4 Å². The predicted octanol–water partition coefficient (Wildman–Crippen LogP) is 2.76. The summed E-state index contributed by atoms with van der Waals surface area (Å²) in [6, 6.07) is 6.36. The Morgan fingerprint density at radius 2 is 1.69 bits per heavy atom. The summed E-state index contributed by atoms with van der Waals surface area (Å²) in [6.07, 6.45) is 2.25. The smallest absolute Gasteiger partial charge is 0.122 e. The van der Waals surface area contributed by atoms with Crippen LogP contribution in [0.3, 0.4) is 0 Å². The molecule has 90 valence electrons. The quantitative estimate of drug-likeness (QED) is 0.804. The molecule has 3 nitrogen and oxygen atoms in total. The van der Waals surface area contributed by atoms with Crippen LogP contribution in [0, 0.1) is 0 Å². The second-order valence-corrected chi connectivity index (χ2v) is 3.78. The van der Waals surface area contributed by atoms with Crippen LogP contribution in [0.25, 0.3) is 0 Å². The van der Waals surface area contributed by atoms with Crippen molar-refractivity contribution in [2.75, 3.05) is 21.3 Å². The summed E-state index contributed by atoms with van der Waals surface area (Å²) in [6.45, 7) is 2.18. The Balaban J connectivity index is 3.00. The van der Waals surface area contributed by atoms with Crippen LogP contribution in [-0.2, 0) is 0 Å². The van der Waals surface area contributed by atoms with Gasteiger partial charge in [0.1, 0.15) is 11.5 Å². The molecule has 0 aliphatic heterocycles. The third kappa shape index (κ3) is 3.14. The maximum Gasteiger partial charge on any atom is 0.122 e. The van der Waals surface area contributed by atoms with Crippen molar-refractivity contribution in [3.8, 4) is 11.5 Å². The molecular weight excluding hydrogens is 202 g/mol. The van der Waals surface area contributed by atoms with Crippen molar-refractivity contribution in [3.63, 3.8) is 0 Å². The minimum absolute atomic E-state index is 0.356. The highest BCUT2D eigenvalue weighted by Gasteiger charge is 2.10. The molecule has 1 rings (SSSR count). The molecule has 0 spiro atoms. The van der Waals surface area contributed by atoms with E-state index in [4.69, 9.17) is 9.47 Å². The molecule has 0 saturated heterocycles. The van der Waals surface area contributed by atoms with Gasteiger partial charge in [-0.1, -0.05) is 13.3 Å². The zero-order valence-electron chi connectivity index (χ0n) is 10.5. The van der Waals surface area contributed by atoms with Crippen molar-refractivity contribution < 1.29 is 9.47 Å². The van der Waals surface area contributed by atoms with Gasteiger partial charge in [-0.3, -0.25) is 0 Å². The van der Waals surface area contributed by atoms with Gasteiger partial charge in [-0.2, -0.15) is 0 Å². The lowest BCUT2D eigenvalue weighted by molar-refractivity contribution is 0.391. The average molecular weight is 223 g/mol. The van der Waals surface area contributed by atoms with E-state index in [0.717, 1.165) is 24.3 Å². The van der Waals surface area contributed by atoms with Gasteiger partial charge in [0.25, 0.3) is 0 Å². The summed E-state index contributed by atoms with van der Waals surface area (Å²) in [7, 11) is 5.33. The molecule has 0 amide bonds. The Bertz CT molecular complexity index is 303. The second kappa shape index (κ2) is 6.38. The number of hydrogen-bond donors (Lipinski definition) is 1. The molecule has 0 aromatic heterocycles. The average Bonchev–Trinajstić information content (AvgIpc) is 2.35. The molecule has 0 fully saturated rings. The van der Waals surface area contributed by atoms with Crippen LogP contribution >= 0.6 is 0 Å². The first kappa shape index (κ1) is 12.8. The number of hydrogen-bond acceptors (Lipinski definition) is 3. The molecule has 0 saturated carbocycles.